The monoisotopic (exact) mass is 201 g/mol. The van der Waals surface area contributed by atoms with Crippen LogP contribution in [0.2, 0.25) is 0 Å². The smallest absolute Gasteiger partial charge is 0.202 e. The van der Waals surface area contributed by atoms with Crippen LogP contribution in [0, 0.1) is 6.92 Å². The van der Waals surface area contributed by atoms with Crippen LogP contribution in [0.25, 0.3) is 0 Å². The Kier molecular flexibility index (Phi) is 3.62. The van der Waals surface area contributed by atoms with E-state index in [9.17, 15) is 0 Å². The summed E-state index contributed by atoms with van der Waals surface area (Å²) in [6.45, 7) is 5.96. The summed E-state index contributed by atoms with van der Waals surface area (Å²) in [5.41, 5.74) is 0. The van der Waals surface area contributed by atoms with Crippen molar-refractivity contribution in [3.8, 4) is 0 Å². The Balaban J connectivity index is 2.49. The van der Waals surface area contributed by atoms with Crippen LogP contribution in [0.15, 0.2) is 0 Å². The van der Waals surface area contributed by atoms with Crippen molar-refractivity contribution >= 4 is 16.7 Å². The summed E-state index contributed by atoms with van der Waals surface area (Å²) in [6.07, 6.45) is 0.171. The first kappa shape index (κ1) is 10.4. The molecule has 0 amide bonds. The fourth-order valence-corrected chi connectivity index (χ4v) is 1.54. The van der Waals surface area contributed by atoms with Crippen molar-refractivity contribution in [3.63, 3.8) is 0 Å². The largest absolute Gasteiger partial charge is 0.380 e. The van der Waals surface area contributed by atoms with Gasteiger partial charge in [-0.05, 0) is 20.8 Å². The lowest BCUT2D eigenvalue weighted by Gasteiger charge is -2.18. The second-order valence-corrected chi connectivity index (χ2v) is 3.77. The third-order valence-electron chi connectivity index (χ3n) is 1.95. The van der Waals surface area contributed by atoms with Crippen molar-refractivity contribution < 1.29 is 4.74 Å². The van der Waals surface area contributed by atoms with E-state index in [1.54, 1.807) is 7.11 Å². The molecular weight excluding hydrogens is 186 g/mol. The molecule has 0 radical (unpaired) electrons. The Morgan fingerprint density at radius 2 is 2.15 bits per heavy atom. The molecular formula is C8H15N3OS. The minimum Gasteiger partial charge on any atom is -0.380 e. The maximum Gasteiger partial charge on any atom is 0.202 e. The molecule has 0 aliphatic rings. The number of hydrogen-bond donors (Lipinski definition) is 1. The molecule has 0 saturated carbocycles. The van der Waals surface area contributed by atoms with Gasteiger partial charge in [0.25, 0.3) is 0 Å². The highest BCUT2D eigenvalue weighted by Crippen LogP contribution is 2.13. The van der Waals surface area contributed by atoms with Gasteiger partial charge in [0.15, 0.2) is 0 Å². The van der Waals surface area contributed by atoms with Crippen LogP contribution in [0.4, 0.5) is 5.13 Å². The lowest BCUT2D eigenvalue weighted by molar-refractivity contribution is 0.106. The van der Waals surface area contributed by atoms with Gasteiger partial charge in [0.05, 0.1) is 12.1 Å². The Labute approximate surface area is 82.5 Å². The maximum atomic E-state index is 5.18. The molecule has 1 unspecified atom stereocenters. The third-order valence-corrected chi connectivity index (χ3v) is 2.69. The van der Waals surface area contributed by atoms with Crippen LogP contribution >= 0.6 is 11.5 Å². The molecule has 4 nitrogen and oxygen atoms in total. The Morgan fingerprint density at radius 1 is 1.46 bits per heavy atom. The van der Waals surface area contributed by atoms with Gasteiger partial charge in [0, 0.05) is 18.6 Å². The molecule has 0 bridgehead atoms. The maximum absolute atomic E-state index is 5.18. The summed E-state index contributed by atoms with van der Waals surface area (Å²) >= 11 is 1.38. The van der Waals surface area contributed by atoms with Crippen molar-refractivity contribution in [2.75, 3.05) is 12.4 Å². The van der Waals surface area contributed by atoms with Crippen LogP contribution in [0.5, 0.6) is 0 Å². The number of anilines is 1. The number of methoxy groups -OCH3 is 1. The predicted octanol–water partition coefficient (Wildman–Crippen LogP) is 1.68. The van der Waals surface area contributed by atoms with Gasteiger partial charge in [-0.1, -0.05) is 0 Å². The molecule has 74 valence electrons. The van der Waals surface area contributed by atoms with Crippen molar-refractivity contribution in [3.05, 3.63) is 5.82 Å². The Hall–Kier alpha value is -0.680. The van der Waals surface area contributed by atoms with Crippen LogP contribution in [0.3, 0.4) is 0 Å². The van der Waals surface area contributed by atoms with E-state index in [1.165, 1.54) is 11.5 Å². The molecule has 5 heteroatoms. The molecule has 13 heavy (non-hydrogen) atoms. The Morgan fingerprint density at radius 3 is 2.62 bits per heavy atom. The quantitative estimate of drug-likeness (QED) is 0.805. The summed E-state index contributed by atoms with van der Waals surface area (Å²) in [5.74, 6) is 0.810. The summed E-state index contributed by atoms with van der Waals surface area (Å²) in [5, 5.41) is 4.09. The van der Waals surface area contributed by atoms with Crippen LogP contribution in [-0.2, 0) is 4.74 Å². The predicted molar refractivity (Wildman–Crippen MR) is 54.2 cm³/mol. The highest BCUT2D eigenvalue weighted by Gasteiger charge is 2.12. The molecule has 2 atom stereocenters. The average molecular weight is 201 g/mol. The van der Waals surface area contributed by atoms with E-state index in [0.29, 0.717) is 0 Å². The lowest BCUT2D eigenvalue weighted by atomic mass is 10.2. The van der Waals surface area contributed by atoms with E-state index in [4.69, 9.17) is 4.74 Å². The minimum atomic E-state index is 0.171. The van der Waals surface area contributed by atoms with Crippen molar-refractivity contribution in [2.24, 2.45) is 0 Å². The molecule has 1 heterocycles. The summed E-state index contributed by atoms with van der Waals surface area (Å²) in [7, 11) is 1.70. The SMILES string of the molecule is COC(C)[C@H](C)Nc1nc(C)ns1. The molecule has 1 aromatic rings. The number of rotatable bonds is 4. The normalized spacial score (nSPS) is 15.4. The highest BCUT2D eigenvalue weighted by atomic mass is 32.1. The number of aryl methyl sites for hydroxylation is 1. The molecule has 0 spiro atoms. The van der Waals surface area contributed by atoms with E-state index in [2.05, 4.69) is 21.6 Å². The van der Waals surface area contributed by atoms with Gasteiger partial charge >= 0.3 is 0 Å². The first-order valence-electron chi connectivity index (χ1n) is 4.23. The first-order valence-corrected chi connectivity index (χ1v) is 5.00. The van der Waals surface area contributed by atoms with Gasteiger partial charge in [0.1, 0.15) is 5.82 Å². The zero-order valence-corrected chi connectivity index (χ0v) is 9.18. The van der Waals surface area contributed by atoms with Crippen LogP contribution in [0.1, 0.15) is 19.7 Å². The zero-order valence-electron chi connectivity index (χ0n) is 8.37. The molecule has 1 N–H and O–H groups in total. The number of hydrogen-bond acceptors (Lipinski definition) is 5. The number of nitrogens with zero attached hydrogens (tertiary/aromatic N) is 2. The van der Waals surface area contributed by atoms with Crippen LogP contribution in [-0.4, -0.2) is 28.6 Å². The van der Waals surface area contributed by atoms with E-state index in [0.717, 1.165) is 11.0 Å². The van der Waals surface area contributed by atoms with E-state index < -0.39 is 0 Å². The second kappa shape index (κ2) is 4.53. The number of aromatic nitrogens is 2. The fourth-order valence-electron chi connectivity index (χ4n) is 0.872. The van der Waals surface area contributed by atoms with Gasteiger partial charge in [-0.2, -0.15) is 4.37 Å². The van der Waals surface area contributed by atoms with Crippen molar-refractivity contribution in [2.45, 2.75) is 32.9 Å². The molecule has 0 saturated heterocycles. The van der Waals surface area contributed by atoms with E-state index >= 15 is 0 Å². The first-order chi connectivity index (χ1) is 6.13. The Bertz CT molecular complexity index is 264. The molecule has 1 rings (SSSR count). The number of nitrogens with one attached hydrogen (secondary N) is 1. The number of ether oxygens (including phenoxy) is 1. The molecule has 0 fully saturated rings. The fraction of sp³-hybridized carbons (Fsp3) is 0.750. The summed E-state index contributed by atoms with van der Waals surface area (Å²) < 4.78 is 9.27. The van der Waals surface area contributed by atoms with E-state index in [-0.39, 0.29) is 12.1 Å². The summed E-state index contributed by atoms with van der Waals surface area (Å²) in [6, 6.07) is 0.248. The average Bonchev–Trinajstić information content (AvgIpc) is 2.49. The standard InChI is InChI=1S/C8H15N3OS/c1-5(6(2)12-4)9-8-10-7(3)11-13-8/h5-6H,1-4H3,(H,9,10,11)/t5-,6?/m0/s1. The van der Waals surface area contributed by atoms with E-state index in [1.807, 2.05) is 13.8 Å². The van der Waals surface area contributed by atoms with Crippen molar-refractivity contribution in [1.82, 2.24) is 9.36 Å². The van der Waals surface area contributed by atoms with Gasteiger partial charge in [-0.15, -0.1) is 0 Å². The topological polar surface area (TPSA) is 47.0 Å². The molecule has 0 aliphatic carbocycles. The van der Waals surface area contributed by atoms with Gasteiger partial charge in [-0.3, -0.25) is 0 Å². The molecule has 0 aliphatic heterocycles. The summed E-state index contributed by atoms with van der Waals surface area (Å²) in [4.78, 5) is 4.21. The minimum absolute atomic E-state index is 0.171. The molecule has 0 aromatic carbocycles. The second-order valence-electron chi connectivity index (χ2n) is 3.02. The van der Waals surface area contributed by atoms with Gasteiger partial charge in [-0.25, -0.2) is 4.98 Å². The highest BCUT2D eigenvalue weighted by molar-refractivity contribution is 7.09. The third kappa shape index (κ3) is 2.93. The zero-order chi connectivity index (χ0) is 9.84. The molecule has 1 aromatic heterocycles. The van der Waals surface area contributed by atoms with Gasteiger partial charge in [0.2, 0.25) is 5.13 Å². The lowest BCUT2D eigenvalue weighted by Crippen LogP contribution is -2.29. The van der Waals surface area contributed by atoms with Gasteiger partial charge < -0.3 is 10.1 Å². The van der Waals surface area contributed by atoms with Crippen LogP contribution < -0.4 is 5.32 Å². The van der Waals surface area contributed by atoms with Crippen molar-refractivity contribution in [1.29, 1.82) is 0 Å².